The maximum absolute atomic E-state index is 13.7. The average Bonchev–Trinajstić information content (AvgIpc) is 3.23. The Kier molecular flexibility index (Phi) is 15.4. The molecule has 15 nitrogen and oxygen atoms in total. The van der Waals surface area contributed by atoms with E-state index in [9.17, 15) is 28.8 Å². The molecule has 58 heavy (non-hydrogen) atoms. The zero-order valence-electron chi connectivity index (χ0n) is 33.0. The summed E-state index contributed by atoms with van der Waals surface area (Å²) < 4.78 is 18.6. The van der Waals surface area contributed by atoms with E-state index in [1.807, 2.05) is 30.3 Å². The van der Waals surface area contributed by atoms with Gasteiger partial charge in [0, 0.05) is 62.1 Å². The molecule has 2 aliphatic rings. The Morgan fingerprint density at radius 3 is 2.36 bits per heavy atom. The Hall–Kier alpha value is -6.64. The van der Waals surface area contributed by atoms with E-state index in [2.05, 4.69) is 21.3 Å². The Morgan fingerprint density at radius 2 is 1.60 bits per heavy atom. The van der Waals surface area contributed by atoms with E-state index in [0.29, 0.717) is 53.4 Å². The summed E-state index contributed by atoms with van der Waals surface area (Å²) in [5.41, 5.74) is 1.66. The molecule has 4 N–H and O–H groups in total. The Labute approximate surface area is 337 Å². The number of pyridine rings is 1. The summed E-state index contributed by atoms with van der Waals surface area (Å²) >= 11 is 0. The second-order valence-corrected chi connectivity index (χ2v) is 13.8. The zero-order chi connectivity index (χ0) is 41.4. The standard InChI is InChI=1S/C43H50N6O9/c1-29-41(53)45-27-32-15-17-33(26-36(32)57-3)58-37-25-31(16-19-35(37)56-2)42(54)44-21-8-10-23-49(40(52)20-24-48-22-9-7-13-39(48)51)28-38(50)47-34(43(55)46-29)18-14-30-11-5-4-6-12-30/h4-7,9,11-13,15-17,19,22,25-26,29,34H,8,10,14,18,20-21,23-24,27-28H2,1-3H3,(H,44,54)(H,45,53)(H,46,55)(H,47,50)/t29-,34-/m0/s1. The maximum Gasteiger partial charge on any atom is 0.251 e. The van der Waals surface area contributed by atoms with Crippen LogP contribution in [0.3, 0.4) is 0 Å². The van der Waals surface area contributed by atoms with Crippen LogP contribution in [0.1, 0.15) is 54.1 Å². The molecule has 6 rings (SSSR count). The summed E-state index contributed by atoms with van der Waals surface area (Å²) in [5.74, 6) is -0.798. The third-order valence-corrected chi connectivity index (χ3v) is 9.63. The number of nitrogens with zero attached hydrogens (tertiary/aromatic N) is 2. The summed E-state index contributed by atoms with van der Waals surface area (Å²) in [6.07, 6.45) is 3.13. The number of fused-ring (bicyclic) bond motifs is 18. The van der Waals surface area contributed by atoms with E-state index in [1.165, 1.54) is 29.8 Å². The van der Waals surface area contributed by atoms with Crippen molar-refractivity contribution >= 4 is 29.5 Å². The van der Waals surface area contributed by atoms with Crippen molar-refractivity contribution < 1.29 is 38.2 Å². The molecule has 3 aromatic carbocycles. The highest BCUT2D eigenvalue weighted by atomic mass is 16.5. The van der Waals surface area contributed by atoms with Crippen molar-refractivity contribution in [3.8, 4) is 23.0 Å². The van der Waals surface area contributed by atoms with E-state index in [1.54, 1.807) is 61.7 Å². The highest BCUT2D eigenvalue weighted by Gasteiger charge is 2.26. The number of ether oxygens (including phenoxy) is 3. The molecule has 0 aliphatic carbocycles. The lowest BCUT2D eigenvalue weighted by molar-refractivity contribution is -0.137. The van der Waals surface area contributed by atoms with Gasteiger partial charge in [-0.2, -0.15) is 0 Å². The Balaban J connectivity index is 1.38. The first-order chi connectivity index (χ1) is 28.0. The van der Waals surface area contributed by atoms with Crippen LogP contribution in [0.15, 0.2) is 95.9 Å². The molecule has 2 atom stereocenters. The smallest absolute Gasteiger partial charge is 0.251 e. The number of amides is 5. The fourth-order valence-electron chi connectivity index (χ4n) is 6.36. The van der Waals surface area contributed by atoms with Gasteiger partial charge in [0.1, 0.15) is 23.6 Å². The number of hydrogen-bond acceptors (Lipinski definition) is 9. The Morgan fingerprint density at radius 1 is 0.828 bits per heavy atom. The van der Waals surface area contributed by atoms with Crippen molar-refractivity contribution in [1.29, 1.82) is 0 Å². The van der Waals surface area contributed by atoms with Crippen LogP contribution in [0.25, 0.3) is 0 Å². The predicted molar refractivity (Wildman–Crippen MR) is 216 cm³/mol. The molecule has 1 aromatic heterocycles. The van der Waals surface area contributed by atoms with Crippen LogP contribution < -0.4 is 41.0 Å². The molecule has 4 aromatic rings. The molecule has 5 amide bonds. The van der Waals surface area contributed by atoms with Crippen LogP contribution in [0.5, 0.6) is 23.0 Å². The monoisotopic (exact) mass is 794 g/mol. The number of hydrogen-bond donors (Lipinski definition) is 4. The van der Waals surface area contributed by atoms with Crippen LogP contribution >= 0.6 is 0 Å². The molecule has 4 bridgehead atoms. The number of benzene rings is 3. The van der Waals surface area contributed by atoms with E-state index in [4.69, 9.17) is 14.2 Å². The number of rotatable bonds is 8. The van der Waals surface area contributed by atoms with E-state index in [0.717, 1.165) is 5.56 Å². The van der Waals surface area contributed by atoms with Crippen molar-refractivity contribution in [2.24, 2.45) is 0 Å². The molecule has 0 fully saturated rings. The quantitative estimate of drug-likeness (QED) is 0.194. The van der Waals surface area contributed by atoms with Crippen molar-refractivity contribution in [1.82, 2.24) is 30.7 Å². The number of carbonyl (C=O) groups is 5. The van der Waals surface area contributed by atoms with Gasteiger partial charge in [0.05, 0.1) is 20.8 Å². The van der Waals surface area contributed by atoms with Gasteiger partial charge >= 0.3 is 0 Å². The van der Waals surface area contributed by atoms with Crippen LogP contribution in [0, 0.1) is 0 Å². The van der Waals surface area contributed by atoms with Gasteiger partial charge in [-0.1, -0.05) is 36.4 Å². The molecule has 15 heteroatoms. The minimum atomic E-state index is -1.03. The van der Waals surface area contributed by atoms with Crippen molar-refractivity contribution in [3.63, 3.8) is 0 Å². The summed E-state index contributed by atoms with van der Waals surface area (Å²) in [6, 6.07) is 22.1. The number of nitrogens with one attached hydrogen (secondary N) is 4. The SMILES string of the molecule is COc1cc2ccc1CNC(=O)[C@H](C)NC(=O)[C@H](CCc1ccccc1)NC(=O)CN(C(=O)CCn1ccccc1=O)CCCCNC(=O)c1ccc(OC)c(c1)O2. The van der Waals surface area contributed by atoms with Gasteiger partial charge in [-0.25, -0.2) is 0 Å². The molecule has 0 saturated heterocycles. The highest BCUT2D eigenvalue weighted by Crippen LogP contribution is 2.35. The number of methoxy groups -OCH3 is 2. The summed E-state index contributed by atoms with van der Waals surface area (Å²) in [5, 5.41) is 11.3. The molecule has 3 heterocycles. The normalized spacial score (nSPS) is 17.3. The van der Waals surface area contributed by atoms with Crippen molar-refractivity contribution in [3.05, 3.63) is 118 Å². The van der Waals surface area contributed by atoms with Crippen molar-refractivity contribution in [2.75, 3.05) is 33.9 Å². The predicted octanol–water partition coefficient (Wildman–Crippen LogP) is 3.34. The minimum Gasteiger partial charge on any atom is -0.496 e. The largest absolute Gasteiger partial charge is 0.496 e. The van der Waals surface area contributed by atoms with Gasteiger partial charge in [-0.05, 0) is 74.6 Å². The summed E-state index contributed by atoms with van der Waals surface area (Å²) in [6.45, 7) is 1.82. The molecule has 306 valence electrons. The lowest BCUT2D eigenvalue weighted by Crippen LogP contribution is -2.54. The second kappa shape index (κ2) is 21.0. The molecule has 0 saturated carbocycles. The zero-order valence-corrected chi connectivity index (χ0v) is 33.0. The Bertz CT molecular complexity index is 2120. The third-order valence-electron chi connectivity index (χ3n) is 9.63. The molecular weight excluding hydrogens is 745 g/mol. The molecule has 0 spiro atoms. The maximum atomic E-state index is 13.7. The fourth-order valence-corrected chi connectivity index (χ4v) is 6.36. The lowest BCUT2D eigenvalue weighted by Gasteiger charge is -2.25. The third kappa shape index (κ3) is 12.2. The average molecular weight is 795 g/mol. The van der Waals surface area contributed by atoms with Crippen LogP contribution in [0.4, 0.5) is 0 Å². The van der Waals surface area contributed by atoms with Crippen LogP contribution in [-0.2, 0) is 38.7 Å². The van der Waals surface area contributed by atoms with Gasteiger partial charge in [-0.3, -0.25) is 28.8 Å². The van der Waals surface area contributed by atoms with E-state index in [-0.39, 0.29) is 62.9 Å². The molecular formula is C43H50N6O9. The fraction of sp³-hybridized carbons (Fsp3) is 0.349. The second-order valence-electron chi connectivity index (χ2n) is 13.8. The first kappa shape index (κ1) is 42.5. The minimum absolute atomic E-state index is 0.0461. The number of aryl methyl sites for hydroxylation is 2. The van der Waals surface area contributed by atoms with Crippen LogP contribution in [0.2, 0.25) is 0 Å². The number of carbonyl (C=O) groups excluding carboxylic acids is 5. The van der Waals surface area contributed by atoms with Gasteiger partial charge in [0.2, 0.25) is 23.6 Å². The number of aromatic nitrogens is 1. The topological polar surface area (TPSA) is 186 Å². The van der Waals surface area contributed by atoms with E-state index >= 15 is 0 Å². The van der Waals surface area contributed by atoms with Gasteiger partial charge in [0.15, 0.2) is 11.5 Å². The first-order valence-corrected chi connectivity index (χ1v) is 19.2. The summed E-state index contributed by atoms with van der Waals surface area (Å²) in [7, 11) is 2.98. The van der Waals surface area contributed by atoms with E-state index < -0.39 is 29.8 Å². The first-order valence-electron chi connectivity index (χ1n) is 19.2. The molecule has 0 radical (unpaired) electrons. The van der Waals surface area contributed by atoms with Gasteiger partial charge in [-0.15, -0.1) is 0 Å². The lowest BCUT2D eigenvalue weighted by atomic mass is 10.0. The van der Waals surface area contributed by atoms with Gasteiger partial charge in [0.25, 0.3) is 11.5 Å². The summed E-state index contributed by atoms with van der Waals surface area (Å²) in [4.78, 5) is 81.1. The molecule has 0 unspecified atom stereocenters. The van der Waals surface area contributed by atoms with Crippen molar-refractivity contribution in [2.45, 2.75) is 64.2 Å². The van der Waals surface area contributed by atoms with Gasteiger partial charge < -0.3 is 44.9 Å². The molecule has 2 aliphatic heterocycles. The van der Waals surface area contributed by atoms with Crippen LogP contribution in [-0.4, -0.2) is 84.9 Å². The highest BCUT2D eigenvalue weighted by molar-refractivity contribution is 5.95.